The van der Waals surface area contributed by atoms with Gasteiger partial charge in [-0.15, -0.1) is 11.3 Å². The first-order valence-corrected chi connectivity index (χ1v) is 13.8. The van der Waals surface area contributed by atoms with Crippen LogP contribution in [-0.4, -0.2) is 31.1 Å². The second kappa shape index (κ2) is 9.88. The summed E-state index contributed by atoms with van der Waals surface area (Å²) < 4.78 is 73.7. The molecule has 1 aliphatic rings. The largest absolute Gasteiger partial charge is 0.482 e. The number of benzene rings is 3. The van der Waals surface area contributed by atoms with Crippen molar-refractivity contribution in [3.05, 3.63) is 99.9 Å². The van der Waals surface area contributed by atoms with E-state index in [9.17, 15) is 26.4 Å². The second-order valence-electron chi connectivity index (χ2n) is 8.68. The second-order valence-corrected chi connectivity index (χ2v) is 12.0. The summed E-state index contributed by atoms with van der Waals surface area (Å²) in [5.41, 5.74) is 1.20. The minimum Gasteiger partial charge on any atom is -0.482 e. The SMILES string of the molecule is O=C(O)COc1cccc2c1CCc1sc(S(=O)(=O)C(c3ccccc3)c3cccc(C(F)(F)F)c3)nc1-2. The number of halogens is 3. The minimum atomic E-state index is -4.63. The van der Waals surface area contributed by atoms with E-state index in [0.717, 1.165) is 33.9 Å². The molecule has 0 radical (unpaired) electrons. The van der Waals surface area contributed by atoms with Crippen LogP contribution >= 0.6 is 11.3 Å². The molecule has 38 heavy (non-hydrogen) atoms. The number of aryl methyl sites for hydroxylation is 1. The van der Waals surface area contributed by atoms with Gasteiger partial charge in [0.05, 0.1) is 11.3 Å². The van der Waals surface area contributed by atoms with E-state index in [2.05, 4.69) is 4.98 Å². The molecule has 196 valence electrons. The molecule has 1 aliphatic carbocycles. The Labute approximate surface area is 220 Å². The molecule has 1 aromatic heterocycles. The van der Waals surface area contributed by atoms with Gasteiger partial charge in [0.2, 0.25) is 14.2 Å². The number of sulfone groups is 1. The van der Waals surface area contributed by atoms with E-state index in [1.165, 1.54) is 12.1 Å². The smallest absolute Gasteiger partial charge is 0.416 e. The lowest BCUT2D eigenvalue weighted by atomic mass is 9.93. The topological polar surface area (TPSA) is 93.6 Å². The van der Waals surface area contributed by atoms with Gasteiger partial charge >= 0.3 is 12.1 Å². The van der Waals surface area contributed by atoms with E-state index < -0.39 is 39.4 Å². The Hall–Kier alpha value is -3.70. The third-order valence-electron chi connectivity index (χ3n) is 6.19. The zero-order valence-corrected chi connectivity index (χ0v) is 21.2. The zero-order valence-electron chi connectivity index (χ0n) is 19.6. The zero-order chi connectivity index (χ0) is 27.1. The van der Waals surface area contributed by atoms with Crippen molar-refractivity contribution >= 4 is 27.1 Å². The predicted octanol–water partition coefficient (Wildman–Crippen LogP) is 5.95. The van der Waals surface area contributed by atoms with Crippen LogP contribution in [0.25, 0.3) is 11.3 Å². The van der Waals surface area contributed by atoms with Crippen LogP contribution in [0.5, 0.6) is 5.75 Å². The Kier molecular flexibility index (Phi) is 6.74. The van der Waals surface area contributed by atoms with Crippen molar-refractivity contribution in [2.45, 2.75) is 28.6 Å². The highest BCUT2D eigenvalue weighted by atomic mass is 32.2. The first-order chi connectivity index (χ1) is 18.1. The average molecular weight is 560 g/mol. The lowest BCUT2D eigenvalue weighted by Gasteiger charge is -2.19. The van der Waals surface area contributed by atoms with Crippen molar-refractivity contribution in [2.24, 2.45) is 0 Å². The maximum Gasteiger partial charge on any atom is 0.416 e. The number of alkyl halides is 3. The molecule has 6 nitrogen and oxygen atoms in total. The minimum absolute atomic E-state index is 0.0102. The lowest BCUT2D eigenvalue weighted by Crippen LogP contribution is -2.16. The Morgan fingerprint density at radius 2 is 1.71 bits per heavy atom. The number of aromatic nitrogens is 1. The summed E-state index contributed by atoms with van der Waals surface area (Å²) in [6, 6.07) is 17.5. The van der Waals surface area contributed by atoms with Crippen LogP contribution in [0, 0.1) is 0 Å². The highest BCUT2D eigenvalue weighted by molar-refractivity contribution is 7.93. The number of carboxylic acids is 1. The van der Waals surface area contributed by atoms with Gasteiger partial charge in [-0.1, -0.05) is 60.7 Å². The van der Waals surface area contributed by atoms with Crippen LogP contribution in [0.15, 0.2) is 77.1 Å². The standard InChI is InChI=1S/C27H20F3NO5S2/c28-27(29,30)18-9-4-8-17(14-18)25(16-6-2-1-3-7-16)38(34,35)26-31-24-20-10-5-11-21(36-15-23(32)33)19(20)12-13-22(24)37-26/h1-11,14,25H,12-13,15H2,(H,32,33). The Bertz CT molecular complexity index is 1620. The number of ether oxygens (including phenoxy) is 1. The van der Waals surface area contributed by atoms with Crippen LogP contribution in [0.4, 0.5) is 13.2 Å². The molecule has 1 heterocycles. The number of fused-ring (bicyclic) bond motifs is 3. The van der Waals surface area contributed by atoms with Crippen LogP contribution in [0.2, 0.25) is 0 Å². The number of carboxylic acid groups (broad SMARTS) is 1. The van der Waals surface area contributed by atoms with Crippen LogP contribution < -0.4 is 4.74 Å². The normalized spacial score (nSPS) is 13.9. The Morgan fingerprint density at radius 1 is 1.00 bits per heavy atom. The van der Waals surface area contributed by atoms with Gasteiger partial charge in [-0.2, -0.15) is 13.2 Å². The van der Waals surface area contributed by atoms with Crippen LogP contribution in [0.1, 0.15) is 32.4 Å². The summed E-state index contributed by atoms with van der Waals surface area (Å²) in [6.45, 7) is -0.518. The third-order valence-corrected chi connectivity index (χ3v) is 9.79. The Balaban J connectivity index is 1.61. The molecule has 0 saturated heterocycles. The summed E-state index contributed by atoms with van der Waals surface area (Å²) in [5.74, 6) is -0.734. The molecule has 4 aromatic rings. The molecule has 0 saturated carbocycles. The molecule has 0 amide bonds. The van der Waals surface area contributed by atoms with Crippen molar-refractivity contribution in [2.75, 3.05) is 6.61 Å². The molecule has 1 unspecified atom stereocenters. The number of carbonyl (C=O) groups is 1. The molecule has 11 heteroatoms. The highest BCUT2D eigenvalue weighted by Crippen LogP contribution is 2.44. The van der Waals surface area contributed by atoms with Crippen molar-refractivity contribution in [3.63, 3.8) is 0 Å². The molecular formula is C27H20F3NO5S2. The van der Waals surface area contributed by atoms with Crippen molar-refractivity contribution in [3.8, 4) is 17.0 Å². The quantitative estimate of drug-likeness (QED) is 0.301. The maximum absolute atomic E-state index is 14.0. The Morgan fingerprint density at radius 3 is 2.42 bits per heavy atom. The molecule has 3 aromatic carbocycles. The summed E-state index contributed by atoms with van der Waals surface area (Å²) in [6.07, 6.45) is -3.68. The maximum atomic E-state index is 14.0. The number of nitrogens with zero attached hydrogens (tertiary/aromatic N) is 1. The van der Waals surface area contributed by atoms with E-state index in [-0.39, 0.29) is 9.90 Å². The molecule has 5 rings (SSSR count). The number of aliphatic carboxylic acids is 1. The van der Waals surface area contributed by atoms with E-state index in [0.29, 0.717) is 35.4 Å². The lowest BCUT2D eigenvalue weighted by molar-refractivity contribution is -0.139. The summed E-state index contributed by atoms with van der Waals surface area (Å²) in [7, 11) is -4.27. The molecule has 0 aliphatic heterocycles. The third kappa shape index (κ3) is 4.91. The van der Waals surface area contributed by atoms with Crippen LogP contribution in [-0.2, 0) is 33.6 Å². The summed E-state index contributed by atoms with van der Waals surface area (Å²) >= 11 is 1.00. The number of hydrogen-bond acceptors (Lipinski definition) is 6. The fraction of sp³-hybridized carbons (Fsp3) is 0.185. The van der Waals surface area contributed by atoms with Gasteiger partial charge in [0.1, 0.15) is 11.0 Å². The van der Waals surface area contributed by atoms with Gasteiger partial charge in [-0.05, 0) is 36.1 Å². The van der Waals surface area contributed by atoms with Gasteiger partial charge in [-0.25, -0.2) is 18.2 Å². The van der Waals surface area contributed by atoms with Gasteiger partial charge in [0.15, 0.2) is 6.61 Å². The molecule has 1 N–H and O–H groups in total. The molecule has 0 bridgehead atoms. The average Bonchev–Trinajstić information content (AvgIpc) is 3.34. The van der Waals surface area contributed by atoms with Gasteiger partial charge in [-0.3, -0.25) is 0 Å². The van der Waals surface area contributed by atoms with Gasteiger partial charge in [0, 0.05) is 16.0 Å². The van der Waals surface area contributed by atoms with E-state index >= 15 is 0 Å². The van der Waals surface area contributed by atoms with Crippen molar-refractivity contribution < 1.29 is 36.2 Å². The first kappa shape index (κ1) is 25.9. The fourth-order valence-electron chi connectivity index (χ4n) is 4.55. The van der Waals surface area contributed by atoms with Gasteiger partial charge in [0.25, 0.3) is 0 Å². The van der Waals surface area contributed by atoms with Crippen molar-refractivity contribution in [1.29, 1.82) is 0 Å². The highest BCUT2D eigenvalue weighted by Gasteiger charge is 2.37. The first-order valence-electron chi connectivity index (χ1n) is 11.5. The number of hydrogen-bond donors (Lipinski definition) is 1. The molecular weight excluding hydrogens is 539 g/mol. The summed E-state index contributed by atoms with van der Waals surface area (Å²) in [5, 5.41) is 7.57. The molecule has 0 spiro atoms. The predicted molar refractivity (Wildman–Crippen MR) is 135 cm³/mol. The van der Waals surface area contributed by atoms with E-state index in [1.807, 2.05) is 0 Å². The van der Waals surface area contributed by atoms with Crippen LogP contribution in [0.3, 0.4) is 0 Å². The van der Waals surface area contributed by atoms with Gasteiger partial charge < -0.3 is 9.84 Å². The molecule has 0 fully saturated rings. The number of thiazole rings is 1. The van der Waals surface area contributed by atoms with E-state index in [4.69, 9.17) is 9.84 Å². The fourth-order valence-corrected chi connectivity index (χ4v) is 7.85. The van der Waals surface area contributed by atoms with Crippen molar-refractivity contribution in [1.82, 2.24) is 4.98 Å². The monoisotopic (exact) mass is 559 g/mol. The molecule has 1 atom stereocenters. The summed E-state index contributed by atoms with van der Waals surface area (Å²) in [4.78, 5) is 16.2. The number of rotatable bonds is 7. The van der Waals surface area contributed by atoms with E-state index in [1.54, 1.807) is 48.5 Å².